The highest BCUT2D eigenvalue weighted by atomic mass is 16.2. The Balaban J connectivity index is 2.03. The van der Waals surface area contributed by atoms with Gasteiger partial charge in [-0.1, -0.05) is 26.0 Å². The normalized spacial score (nSPS) is 10.8. The van der Waals surface area contributed by atoms with Gasteiger partial charge in [-0.25, -0.2) is 9.67 Å². The molecule has 1 aromatic carbocycles. The van der Waals surface area contributed by atoms with Gasteiger partial charge in [0.25, 0.3) is 5.91 Å². The Labute approximate surface area is 119 Å². The van der Waals surface area contributed by atoms with E-state index >= 15 is 0 Å². The number of carbonyl (C=O) groups is 1. The fraction of sp³-hybridized carbons (Fsp3) is 0.400. The van der Waals surface area contributed by atoms with Crippen LogP contribution in [0.1, 0.15) is 36.5 Å². The van der Waals surface area contributed by atoms with E-state index in [9.17, 15) is 4.79 Å². The van der Waals surface area contributed by atoms with E-state index in [1.807, 2.05) is 31.2 Å². The lowest BCUT2D eigenvalue weighted by molar-refractivity contribution is 0.0941. The summed E-state index contributed by atoms with van der Waals surface area (Å²) in [7, 11) is 0. The number of aromatic nitrogens is 3. The van der Waals surface area contributed by atoms with Crippen molar-refractivity contribution in [2.75, 3.05) is 6.54 Å². The highest BCUT2D eigenvalue weighted by Gasteiger charge is 2.11. The molecule has 0 fully saturated rings. The third kappa shape index (κ3) is 3.66. The van der Waals surface area contributed by atoms with Crippen molar-refractivity contribution in [2.45, 2.75) is 27.2 Å². The van der Waals surface area contributed by atoms with Crippen molar-refractivity contribution in [2.24, 2.45) is 5.92 Å². The van der Waals surface area contributed by atoms with Crippen molar-refractivity contribution in [3.63, 3.8) is 0 Å². The predicted molar refractivity (Wildman–Crippen MR) is 77.9 cm³/mol. The standard InChI is InChI=1S/C15H20N4O/c1-11(2)7-8-16-15(20)14-17-10-19(18-14)13-6-4-5-12(3)9-13/h4-6,9-11H,7-8H2,1-3H3,(H,16,20). The summed E-state index contributed by atoms with van der Waals surface area (Å²) in [5, 5.41) is 7.04. The molecule has 20 heavy (non-hydrogen) atoms. The largest absolute Gasteiger partial charge is 0.349 e. The summed E-state index contributed by atoms with van der Waals surface area (Å²) in [6.07, 6.45) is 2.51. The Morgan fingerprint density at radius 3 is 2.90 bits per heavy atom. The molecule has 2 rings (SSSR count). The molecule has 0 saturated heterocycles. The van der Waals surface area contributed by atoms with Gasteiger partial charge in [0.1, 0.15) is 6.33 Å². The summed E-state index contributed by atoms with van der Waals surface area (Å²) in [5.41, 5.74) is 2.04. The quantitative estimate of drug-likeness (QED) is 0.909. The topological polar surface area (TPSA) is 59.8 Å². The zero-order valence-electron chi connectivity index (χ0n) is 12.1. The third-order valence-electron chi connectivity index (χ3n) is 2.97. The Morgan fingerprint density at radius 1 is 1.40 bits per heavy atom. The van der Waals surface area contributed by atoms with E-state index in [-0.39, 0.29) is 11.7 Å². The lowest BCUT2D eigenvalue weighted by Gasteiger charge is -2.04. The molecular weight excluding hydrogens is 252 g/mol. The van der Waals surface area contributed by atoms with Crippen LogP contribution in [0.4, 0.5) is 0 Å². The molecule has 0 radical (unpaired) electrons. The number of aryl methyl sites for hydroxylation is 1. The smallest absolute Gasteiger partial charge is 0.290 e. The second-order valence-corrected chi connectivity index (χ2v) is 5.29. The van der Waals surface area contributed by atoms with Gasteiger partial charge in [0.15, 0.2) is 0 Å². The molecule has 106 valence electrons. The van der Waals surface area contributed by atoms with Gasteiger partial charge in [-0.2, -0.15) is 0 Å². The zero-order valence-corrected chi connectivity index (χ0v) is 12.1. The monoisotopic (exact) mass is 272 g/mol. The first-order chi connectivity index (χ1) is 9.56. The van der Waals surface area contributed by atoms with Crippen LogP contribution in [0.15, 0.2) is 30.6 Å². The summed E-state index contributed by atoms with van der Waals surface area (Å²) >= 11 is 0. The summed E-state index contributed by atoms with van der Waals surface area (Å²) in [6, 6.07) is 7.89. The second-order valence-electron chi connectivity index (χ2n) is 5.29. The Hall–Kier alpha value is -2.17. The zero-order chi connectivity index (χ0) is 14.5. The van der Waals surface area contributed by atoms with Crippen LogP contribution in [0.2, 0.25) is 0 Å². The SMILES string of the molecule is Cc1cccc(-n2cnc(C(=O)NCCC(C)C)n2)c1. The lowest BCUT2D eigenvalue weighted by atomic mass is 10.1. The number of amides is 1. The number of carbonyl (C=O) groups excluding carboxylic acids is 1. The summed E-state index contributed by atoms with van der Waals surface area (Å²) in [5.74, 6) is 0.542. The molecule has 5 heteroatoms. The van der Waals surface area contributed by atoms with Gasteiger partial charge in [0.2, 0.25) is 5.82 Å². The molecule has 0 atom stereocenters. The molecule has 0 aliphatic rings. The van der Waals surface area contributed by atoms with Crippen LogP contribution in [-0.2, 0) is 0 Å². The van der Waals surface area contributed by atoms with Gasteiger partial charge >= 0.3 is 0 Å². The first-order valence-electron chi connectivity index (χ1n) is 6.83. The molecule has 5 nitrogen and oxygen atoms in total. The second kappa shape index (κ2) is 6.32. The van der Waals surface area contributed by atoms with Crippen LogP contribution < -0.4 is 5.32 Å². The number of hydrogen-bond acceptors (Lipinski definition) is 3. The molecule has 2 aromatic rings. The molecule has 1 amide bonds. The average Bonchev–Trinajstić information content (AvgIpc) is 2.87. The van der Waals surface area contributed by atoms with E-state index in [1.54, 1.807) is 11.0 Å². The van der Waals surface area contributed by atoms with E-state index in [0.717, 1.165) is 17.7 Å². The van der Waals surface area contributed by atoms with Crippen LogP contribution in [0.5, 0.6) is 0 Å². The molecule has 0 unspecified atom stereocenters. The van der Waals surface area contributed by atoms with E-state index < -0.39 is 0 Å². The van der Waals surface area contributed by atoms with Gasteiger partial charge in [0.05, 0.1) is 5.69 Å². The number of rotatable bonds is 5. The number of benzene rings is 1. The van der Waals surface area contributed by atoms with Gasteiger partial charge < -0.3 is 5.32 Å². The third-order valence-corrected chi connectivity index (χ3v) is 2.97. The summed E-state index contributed by atoms with van der Waals surface area (Å²) < 4.78 is 1.62. The number of nitrogens with zero attached hydrogens (tertiary/aromatic N) is 3. The maximum atomic E-state index is 11.9. The number of hydrogen-bond donors (Lipinski definition) is 1. The van der Waals surface area contributed by atoms with Crippen LogP contribution in [0.3, 0.4) is 0 Å². The van der Waals surface area contributed by atoms with Crippen LogP contribution in [-0.4, -0.2) is 27.2 Å². The average molecular weight is 272 g/mol. The summed E-state index contributed by atoms with van der Waals surface area (Å²) in [6.45, 7) is 6.91. The van der Waals surface area contributed by atoms with E-state index in [0.29, 0.717) is 12.5 Å². The fourth-order valence-corrected chi connectivity index (χ4v) is 1.82. The molecule has 1 aromatic heterocycles. The van der Waals surface area contributed by atoms with E-state index in [2.05, 4.69) is 29.2 Å². The van der Waals surface area contributed by atoms with Crippen molar-refractivity contribution in [1.82, 2.24) is 20.1 Å². The highest BCUT2D eigenvalue weighted by molar-refractivity contribution is 5.90. The van der Waals surface area contributed by atoms with Crippen molar-refractivity contribution >= 4 is 5.91 Å². The molecule has 0 bridgehead atoms. The summed E-state index contributed by atoms with van der Waals surface area (Å²) in [4.78, 5) is 15.9. The molecule has 0 saturated carbocycles. The maximum Gasteiger partial charge on any atom is 0.290 e. The first-order valence-corrected chi connectivity index (χ1v) is 6.83. The van der Waals surface area contributed by atoms with Gasteiger partial charge in [0, 0.05) is 6.54 Å². The van der Waals surface area contributed by atoms with E-state index in [4.69, 9.17) is 0 Å². The van der Waals surface area contributed by atoms with Crippen molar-refractivity contribution < 1.29 is 4.79 Å². The maximum absolute atomic E-state index is 11.9. The minimum absolute atomic E-state index is 0.204. The van der Waals surface area contributed by atoms with Gasteiger partial charge in [-0.3, -0.25) is 4.79 Å². The Morgan fingerprint density at radius 2 is 2.20 bits per heavy atom. The molecular formula is C15H20N4O. The molecule has 0 spiro atoms. The van der Waals surface area contributed by atoms with Crippen LogP contribution >= 0.6 is 0 Å². The van der Waals surface area contributed by atoms with E-state index in [1.165, 1.54) is 0 Å². The van der Waals surface area contributed by atoms with Crippen LogP contribution in [0, 0.1) is 12.8 Å². The van der Waals surface area contributed by atoms with Crippen molar-refractivity contribution in [1.29, 1.82) is 0 Å². The van der Waals surface area contributed by atoms with Crippen molar-refractivity contribution in [3.05, 3.63) is 42.0 Å². The molecule has 1 heterocycles. The highest BCUT2D eigenvalue weighted by Crippen LogP contribution is 2.08. The molecule has 0 aliphatic carbocycles. The lowest BCUT2D eigenvalue weighted by Crippen LogP contribution is -2.26. The first kappa shape index (κ1) is 14.2. The fourth-order valence-electron chi connectivity index (χ4n) is 1.82. The van der Waals surface area contributed by atoms with Crippen LogP contribution in [0.25, 0.3) is 5.69 Å². The number of nitrogens with one attached hydrogen (secondary N) is 1. The molecule has 0 aliphatic heterocycles. The minimum atomic E-state index is -0.225. The van der Waals surface area contributed by atoms with Crippen molar-refractivity contribution in [3.8, 4) is 5.69 Å². The molecule has 1 N–H and O–H groups in total. The van der Waals surface area contributed by atoms with Gasteiger partial charge in [-0.05, 0) is 37.0 Å². The van der Waals surface area contributed by atoms with Gasteiger partial charge in [-0.15, -0.1) is 5.10 Å². The minimum Gasteiger partial charge on any atom is -0.349 e. The Kier molecular flexibility index (Phi) is 4.50. The Bertz CT molecular complexity index is 589. The predicted octanol–water partition coefficient (Wildman–Crippen LogP) is 2.35.